The van der Waals surface area contributed by atoms with Gasteiger partial charge >= 0.3 is 5.66 Å². The van der Waals surface area contributed by atoms with E-state index < -0.39 is 64.4 Å². The first kappa shape index (κ1) is 18.1. The molecule has 0 aliphatic rings. The van der Waals surface area contributed by atoms with Gasteiger partial charge in [-0.15, -0.1) is 0 Å². The maximum Gasteiger partial charge on any atom is 0.459 e. The fourth-order valence-corrected chi connectivity index (χ4v) is 1.45. The van der Waals surface area contributed by atoms with Crippen LogP contribution in [0.5, 0.6) is 0 Å². The standard InChI is InChI=1S/C9H14N6O6/c10-7(11)5(16)1-3-9(14(18)19,15(20)21)4-2-6(17)8(12)13/h1-4H2,(H3,10,11)(H3,12,13). The molecule has 0 unspecified atom stereocenters. The minimum atomic E-state index is -2.77. The van der Waals surface area contributed by atoms with E-state index in [0.29, 0.717) is 0 Å². The van der Waals surface area contributed by atoms with Crippen LogP contribution in [-0.4, -0.2) is 38.7 Å². The Morgan fingerprint density at radius 1 is 0.905 bits per heavy atom. The highest BCUT2D eigenvalue weighted by Crippen LogP contribution is 2.25. The van der Waals surface area contributed by atoms with Crippen molar-refractivity contribution in [2.45, 2.75) is 31.3 Å². The minimum absolute atomic E-state index is 0.675. The lowest BCUT2D eigenvalue weighted by molar-refractivity contribution is -0.798. The van der Waals surface area contributed by atoms with E-state index in [-0.39, 0.29) is 0 Å². The molecule has 0 aliphatic carbocycles. The Hall–Kier alpha value is -2.92. The van der Waals surface area contributed by atoms with Crippen LogP contribution < -0.4 is 11.5 Å². The monoisotopic (exact) mass is 302 g/mol. The Morgan fingerprint density at radius 3 is 1.38 bits per heavy atom. The number of ketones is 2. The number of nitrogens with zero attached hydrogens (tertiary/aromatic N) is 2. The summed E-state index contributed by atoms with van der Waals surface area (Å²) in [5, 5.41) is 35.7. The maximum absolute atomic E-state index is 11.2. The average molecular weight is 302 g/mol. The molecule has 0 atom stereocenters. The van der Waals surface area contributed by atoms with E-state index in [2.05, 4.69) is 0 Å². The summed E-state index contributed by atoms with van der Waals surface area (Å²) in [5.41, 5.74) is 6.98. The summed E-state index contributed by atoms with van der Waals surface area (Å²) in [7, 11) is 0. The molecule has 0 aromatic heterocycles. The van der Waals surface area contributed by atoms with E-state index in [1.165, 1.54) is 0 Å². The molecule has 0 heterocycles. The highest BCUT2D eigenvalue weighted by Gasteiger charge is 2.55. The van der Waals surface area contributed by atoms with E-state index in [1.807, 2.05) is 0 Å². The summed E-state index contributed by atoms with van der Waals surface area (Å²) in [6.45, 7) is 0. The predicted octanol–water partition coefficient (Wildman–Crippen LogP) is -1.19. The molecule has 0 bridgehead atoms. The van der Waals surface area contributed by atoms with E-state index in [4.69, 9.17) is 22.3 Å². The molecule has 12 heteroatoms. The number of rotatable bonds is 10. The summed E-state index contributed by atoms with van der Waals surface area (Å²) in [6.07, 6.45) is -3.00. The van der Waals surface area contributed by atoms with Crippen molar-refractivity contribution in [2.75, 3.05) is 0 Å². The SMILES string of the molecule is N=C(N)C(=O)CCC(CCC(=O)C(=N)N)([N+](=O)[O-])[N+](=O)[O-]. The zero-order valence-corrected chi connectivity index (χ0v) is 10.8. The smallest absolute Gasteiger partial charge is 0.381 e. The van der Waals surface area contributed by atoms with E-state index in [1.54, 1.807) is 0 Å². The minimum Gasteiger partial charge on any atom is -0.381 e. The number of hydrogen-bond acceptors (Lipinski definition) is 8. The largest absolute Gasteiger partial charge is 0.459 e. The van der Waals surface area contributed by atoms with Crippen LogP contribution in [0.25, 0.3) is 0 Å². The third-order valence-electron chi connectivity index (χ3n) is 2.79. The maximum atomic E-state index is 11.2. The molecule has 12 nitrogen and oxygen atoms in total. The van der Waals surface area contributed by atoms with E-state index in [0.717, 1.165) is 0 Å². The molecule has 0 rings (SSSR count). The zero-order valence-electron chi connectivity index (χ0n) is 10.8. The molecule has 0 aliphatic heterocycles. The predicted molar refractivity (Wildman–Crippen MR) is 69.0 cm³/mol. The quantitative estimate of drug-likeness (QED) is 0.126. The normalized spacial score (nSPS) is 10.7. The van der Waals surface area contributed by atoms with Gasteiger partial charge in [-0.2, -0.15) is 0 Å². The van der Waals surface area contributed by atoms with Crippen molar-refractivity contribution in [2.24, 2.45) is 11.5 Å². The number of carbonyl (C=O) groups is 2. The molecular weight excluding hydrogens is 288 g/mol. The van der Waals surface area contributed by atoms with Crippen LogP contribution in [0, 0.1) is 31.0 Å². The highest BCUT2D eigenvalue weighted by atomic mass is 16.7. The third-order valence-corrected chi connectivity index (χ3v) is 2.79. The second-order valence-corrected chi connectivity index (χ2v) is 4.17. The van der Waals surface area contributed by atoms with Crippen molar-refractivity contribution < 1.29 is 19.4 Å². The lowest BCUT2D eigenvalue weighted by atomic mass is 9.96. The van der Waals surface area contributed by atoms with Gasteiger partial charge in [0.1, 0.15) is 0 Å². The number of hydrogen-bond donors (Lipinski definition) is 4. The molecule has 116 valence electrons. The van der Waals surface area contributed by atoms with E-state index >= 15 is 0 Å². The van der Waals surface area contributed by atoms with Gasteiger partial charge < -0.3 is 11.5 Å². The zero-order chi connectivity index (χ0) is 16.8. The van der Waals surface area contributed by atoms with Crippen molar-refractivity contribution in [3.63, 3.8) is 0 Å². The Labute approximate surface area is 117 Å². The van der Waals surface area contributed by atoms with Crippen LogP contribution in [0.15, 0.2) is 0 Å². The van der Waals surface area contributed by atoms with Crippen LogP contribution in [0.3, 0.4) is 0 Å². The second kappa shape index (κ2) is 7.02. The number of carbonyl (C=O) groups excluding carboxylic acids is 2. The van der Waals surface area contributed by atoms with Crippen LogP contribution in [0.4, 0.5) is 0 Å². The van der Waals surface area contributed by atoms with Crippen LogP contribution in [-0.2, 0) is 9.59 Å². The summed E-state index contributed by atoms with van der Waals surface area (Å²) < 4.78 is 0. The molecule has 6 N–H and O–H groups in total. The van der Waals surface area contributed by atoms with Gasteiger partial charge in [-0.3, -0.25) is 40.6 Å². The summed E-state index contributed by atoms with van der Waals surface area (Å²) in [4.78, 5) is 41.9. The lowest BCUT2D eigenvalue weighted by Crippen LogP contribution is -2.47. The molecule has 0 radical (unpaired) electrons. The van der Waals surface area contributed by atoms with Crippen molar-refractivity contribution in [1.82, 2.24) is 0 Å². The summed E-state index contributed by atoms with van der Waals surface area (Å²) in [5.74, 6) is -3.67. The number of amidine groups is 2. The number of nitro groups is 2. The van der Waals surface area contributed by atoms with Gasteiger partial charge in [0.15, 0.2) is 23.2 Å². The van der Waals surface area contributed by atoms with Crippen molar-refractivity contribution in [1.29, 1.82) is 10.8 Å². The van der Waals surface area contributed by atoms with Gasteiger partial charge in [-0.25, -0.2) is 0 Å². The Morgan fingerprint density at radius 2 is 1.19 bits per heavy atom. The van der Waals surface area contributed by atoms with Crippen LogP contribution in [0.2, 0.25) is 0 Å². The molecular formula is C9H14N6O6. The molecule has 0 amide bonds. The van der Waals surface area contributed by atoms with Gasteiger partial charge in [0, 0.05) is 12.8 Å². The highest BCUT2D eigenvalue weighted by molar-refractivity contribution is 6.37. The lowest BCUT2D eigenvalue weighted by Gasteiger charge is -2.16. The van der Waals surface area contributed by atoms with Crippen molar-refractivity contribution in [3.8, 4) is 0 Å². The Kier molecular flexibility index (Phi) is 6.04. The number of nitrogens with one attached hydrogen (secondary N) is 2. The Balaban J connectivity index is 5.18. The number of nitrogens with two attached hydrogens (primary N) is 2. The second-order valence-electron chi connectivity index (χ2n) is 4.17. The van der Waals surface area contributed by atoms with Gasteiger partial charge in [-0.1, -0.05) is 0 Å². The average Bonchev–Trinajstić information content (AvgIpc) is 2.36. The molecule has 0 saturated carbocycles. The van der Waals surface area contributed by atoms with Crippen LogP contribution in [0.1, 0.15) is 25.7 Å². The molecule has 0 aromatic carbocycles. The van der Waals surface area contributed by atoms with Crippen LogP contribution >= 0.6 is 0 Å². The van der Waals surface area contributed by atoms with Crippen molar-refractivity contribution in [3.05, 3.63) is 20.2 Å². The summed E-state index contributed by atoms with van der Waals surface area (Å²) in [6, 6.07) is 0. The fourth-order valence-electron chi connectivity index (χ4n) is 1.45. The molecule has 21 heavy (non-hydrogen) atoms. The van der Waals surface area contributed by atoms with Gasteiger partial charge in [-0.05, 0) is 0 Å². The van der Waals surface area contributed by atoms with Crippen molar-refractivity contribution >= 4 is 23.2 Å². The molecule has 0 spiro atoms. The van der Waals surface area contributed by atoms with E-state index in [9.17, 15) is 29.8 Å². The first-order valence-corrected chi connectivity index (χ1v) is 5.58. The first-order valence-electron chi connectivity index (χ1n) is 5.58. The third kappa shape index (κ3) is 4.59. The fraction of sp³-hybridized carbons (Fsp3) is 0.556. The Bertz CT molecular complexity index is 469. The topological polar surface area (TPSA) is 220 Å². The first-order chi connectivity index (χ1) is 9.54. The molecule has 0 aromatic rings. The van der Waals surface area contributed by atoms with Gasteiger partial charge in [0.05, 0.1) is 22.7 Å². The number of Topliss-reactive ketones (excluding diaryl/α,β-unsaturated/α-hetero) is 2. The van der Waals surface area contributed by atoms with Gasteiger partial charge in [0.2, 0.25) is 0 Å². The molecule has 0 fully saturated rings. The van der Waals surface area contributed by atoms with Gasteiger partial charge in [0.25, 0.3) is 0 Å². The molecule has 0 saturated heterocycles. The summed E-state index contributed by atoms with van der Waals surface area (Å²) >= 11 is 0.